The number of nitro benzene ring substituents is 1. The summed E-state index contributed by atoms with van der Waals surface area (Å²) in [5.41, 5.74) is 1.90. The Balaban J connectivity index is 1.45. The Bertz CT molecular complexity index is 815. The highest BCUT2D eigenvalue weighted by atomic mass is 32.1. The van der Waals surface area contributed by atoms with Gasteiger partial charge >= 0.3 is 0 Å². The lowest BCUT2D eigenvalue weighted by molar-refractivity contribution is -0.928. The molecule has 2 heterocycles. The highest BCUT2D eigenvalue weighted by Gasteiger charge is 2.43. The fraction of sp³-hybridized carbons (Fsp3) is 0.389. The van der Waals surface area contributed by atoms with E-state index in [9.17, 15) is 14.9 Å². The average Bonchev–Trinajstić information content (AvgIpc) is 3.31. The third kappa shape index (κ3) is 3.43. The molecule has 0 radical (unpaired) electrons. The summed E-state index contributed by atoms with van der Waals surface area (Å²) in [5.74, 6) is 0.606. The summed E-state index contributed by atoms with van der Waals surface area (Å²) in [6.07, 6.45) is 3.52. The lowest BCUT2D eigenvalue weighted by atomic mass is 9.96. The van der Waals surface area contributed by atoms with E-state index in [-0.39, 0.29) is 11.6 Å². The maximum atomic E-state index is 12.5. The Morgan fingerprint density at radius 3 is 2.96 bits per heavy atom. The van der Waals surface area contributed by atoms with E-state index in [4.69, 9.17) is 0 Å². The van der Waals surface area contributed by atoms with Gasteiger partial charge in [-0.05, 0) is 30.4 Å². The van der Waals surface area contributed by atoms with Gasteiger partial charge in [0.05, 0.1) is 11.5 Å². The van der Waals surface area contributed by atoms with Crippen molar-refractivity contribution in [1.29, 1.82) is 0 Å². The molecular weight excluding hydrogens is 338 g/mol. The molecule has 7 heteroatoms. The first-order chi connectivity index (χ1) is 12.1. The van der Waals surface area contributed by atoms with Gasteiger partial charge in [0, 0.05) is 40.6 Å². The number of hydrogen-bond donors (Lipinski definition) is 2. The van der Waals surface area contributed by atoms with Crippen LogP contribution in [0, 0.1) is 16.0 Å². The number of hydrogen-bond acceptors (Lipinski definition) is 4. The molecule has 2 aromatic rings. The number of rotatable bonds is 5. The van der Waals surface area contributed by atoms with Crippen LogP contribution in [0.1, 0.15) is 29.3 Å². The molecule has 2 atom stereocenters. The monoisotopic (exact) mass is 358 g/mol. The molecule has 0 saturated heterocycles. The van der Waals surface area contributed by atoms with Crippen molar-refractivity contribution in [2.75, 3.05) is 18.4 Å². The Morgan fingerprint density at radius 1 is 1.36 bits per heavy atom. The lowest BCUT2D eigenvalue weighted by Crippen LogP contribution is -3.14. The van der Waals surface area contributed by atoms with E-state index < -0.39 is 4.92 Å². The SMILES string of the molecule is O=C(C[NH+]1CCc2sccc2[C@@H]1C1CC1)Nc1cccc([N+](=O)[O-])c1. The molecule has 0 spiro atoms. The first-order valence-corrected chi connectivity index (χ1v) is 9.45. The minimum Gasteiger partial charge on any atom is -0.321 e. The molecule has 1 unspecified atom stereocenters. The Morgan fingerprint density at radius 2 is 2.20 bits per heavy atom. The average molecular weight is 358 g/mol. The van der Waals surface area contributed by atoms with Gasteiger partial charge in [0.1, 0.15) is 6.04 Å². The Labute approximate surface area is 149 Å². The maximum Gasteiger partial charge on any atom is 0.279 e. The van der Waals surface area contributed by atoms with Gasteiger partial charge in [-0.1, -0.05) is 6.07 Å². The van der Waals surface area contributed by atoms with E-state index in [2.05, 4.69) is 16.8 Å². The van der Waals surface area contributed by atoms with E-state index in [0.29, 0.717) is 24.2 Å². The number of benzene rings is 1. The molecule has 4 rings (SSSR count). The predicted octanol–water partition coefficient (Wildman–Crippen LogP) is 2.19. The van der Waals surface area contributed by atoms with E-state index in [1.54, 1.807) is 12.1 Å². The fourth-order valence-corrected chi connectivity index (χ4v) is 4.73. The number of nitrogens with zero attached hydrogens (tertiary/aromatic N) is 1. The molecule has 25 heavy (non-hydrogen) atoms. The van der Waals surface area contributed by atoms with Crippen molar-refractivity contribution >= 4 is 28.6 Å². The van der Waals surface area contributed by atoms with E-state index >= 15 is 0 Å². The quantitative estimate of drug-likeness (QED) is 0.635. The molecule has 0 bridgehead atoms. The van der Waals surface area contributed by atoms with Gasteiger partial charge in [-0.15, -0.1) is 11.3 Å². The van der Waals surface area contributed by atoms with Crippen LogP contribution >= 0.6 is 11.3 Å². The highest BCUT2D eigenvalue weighted by molar-refractivity contribution is 7.10. The number of non-ortho nitro benzene ring substituents is 1. The van der Waals surface area contributed by atoms with Crippen molar-refractivity contribution in [2.24, 2.45) is 5.92 Å². The minimum atomic E-state index is -0.452. The number of anilines is 1. The van der Waals surface area contributed by atoms with Crippen LogP contribution in [-0.4, -0.2) is 23.9 Å². The van der Waals surface area contributed by atoms with Gasteiger partial charge in [0.15, 0.2) is 6.54 Å². The van der Waals surface area contributed by atoms with Crippen LogP contribution in [0.4, 0.5) is 11.4 Å². The molecular formula is C18H20N3O3S+. The number of quaternary nitrogens is 1. The summed E-state index contributed by atoms with van der Waals surface area (Å²) in [5, 5.41) is 15.8. The van der Waals surface area contributed by atoms with Crippen LogP contribution in [0.3, 0.4) is 0 Å². The standard InChI is InChI=1S/C18H19N3O3S/c22-17(19-13-2-1-3-14(10-13)21(23)24)11-20-8-6-16-15(7-9-25-16)18(20)12-4-5-12/h1-3,7,9-10,12,18H,4-6,8,11H2,(H,19,22)/p+1/t18-/m0/s1. The van der Waals surface area contributed by atoms with Crippen LogP contribution in [0.2, 0.25) is 0 Å². The molecule has 2 aliphatic rings. The summed E-state index contributed by atoms with van der Waals surface area (Å²) >= 11 is 1.82. The lowest BCUT2D eigenvalue weighted by Gasteiger charge is -2.32. The number of fused-ring (bicyclic) bond motifs is 1. The zero-order chi connectivity index (χ0) is 17.4. The van der Waals surface area contributed by atoms with Crippen molar-refractivity contribution in [3.63, 3.8) is 0 Å². The maximum absolute atomic E-state index is 12.5. The first-order valence-electron chi connectivity index (χ1n) is 8.57. The number of thiophene rings is 1. The Hall–Kier alpha value is -2.25. The molecule has 130 valence electrons. The summed E-state index contributed by atoms with van der Waals surface area (Å²) in [7, 11) is 0. The highest BCUT2D eigenvalue weighted by Crippen LogP contribution is 2.42. The van der Waals surface area contributed by atoms with Crippen LogP contribution in [-0.2, 0) is 11.2 Å². The number of amides is 1. The predicted molar refractivity (Wildman–Crippen MR) is 95.9 cm³/mol. The summed E-state index contributed by atoms with van der Waals surface area (Å²) in [4.78, 5) is 25.7. The van der Waals surface area contributed by atoms with Gasteiger partial charge in [-0.2, -0.15) is 0 Å². The van der Waals surface area contributed by atoms with E-state index in [1.807, 2.05) is 11.3 Å². The molecule has 1 fully saturated rings. The van der Waals surface area contributed by atoms with E-state index in [0.717, 1.165) is 13.0 Å². The number of carbonyl (C=O) groups excluding carboxylic acids is 1. The third-order valence-electron chi connectivity index (χ3n) is 5.05. The zero-order valence-corrected chi connectivity index (χ0v) is 14.6. The molecule has 6 nitrogen and oxygen atoms in total. The van der Waals surface area contributed by atoms with Gasteiger partial charge in [0.2, 0.25) is 0 Å². The molecule has 1 aliphatic heterocycles. The van der Waals surface area contributed by atoms with Gasteiger partial charge in [-0.3, -0.25) is 14.9 Å². The van der Waals surface area contributed by atoms with Crippen LogP contribution < -0.4 is 10.2 Å². The van der Waals surface area contributed by atoms with Crippen molar-refractivity contribution in [2.45, 2.75) is 25.3 Å². The van der Waals surface area contributed by atoms with Crippen LogP contribution in [0.25, 0.3) is 0 Å². The fourth-order valence-electron chi connectivity index (χ4n) is 3.80. The molecule has 1 amide bonds. The second-order valence-corrected chi connectivity index (χ2v) is 7.81. The van der Waals surface area contributed by atoms with Crippen molar-refractivity contribution < 1.29 is 14.6 Å². The van der Waals surface area contributed by atoms with Gasteiger partial charge < -0.3 is 10.2 Å². The minimum absolute atomic E-state index is 0.0121. The van der Waals surface area contributed by atoms with Crippen molar-refractivity contribution in [1.82, 2.24) is 0 Å². The first kappa shape index (κ1) is 16.2. The smallest absolute Gasteiger partial charge is 0.279 e. The number of nitrogens with one attached hydrogen (secondary N) is 2. The third-order valence-corrected chi connectivity index (χ3v) is 6.05. The normalized spacial score (nSPS) is 22.2. The van der Waals surface area contributed by atoms with Crippen molar-refractivity contribution in [3.8, 4) is 0 Å². The second kappa shape index (κ2) is 6.57. The number of carbonyl (C=O) groups is 1. The second-order valence-electron chi connectivity index (χ2n) is 6.80. The summed E-state index contributed by atoms with van der Waals surface area (Å²) in [6, 6.07) is 8.75. The van der Waals surface area contributed by atoms with Gasteiger partial charge in [-0.25, -0.2) is 0 Å². The largest absolute Gasteiger partial charge is 0.321 e. The van der Waals surface area contributed by atoms with E-state index in [1.165, 1.54) is 40.3 Å². The molecule has 1 aromatic carbocycles. The van der Waals surface area contributed by atoms with Gasteiger partial charge in [0.25, 0.3) is 11.6 Å². The molecule has 1 aliphatic carbocycles. The zero-order valence-electron chi connectivity index (χ0n) is 13.7. The molecule has 2 N–H and O–H groups in total. The molecule has 1 aromatic heterocycles. The van der Waals surface area contributed by atoms with Crippen LogP contribution in [0.15, 0.2) is 35.7 Å². The Kier molecular flexibility index (Phi) is 4.27. The number of nitro groups is 1. The topological polar surface area (TPSA) is 76.7 Å². The molecule has 1 saturated carbocycles. The summed E-state index contributed by atoms with van der Waals surface area (Å²) < 4.78 is 0. The van der Waals surface area contributed by atoms with Crippen molar-refractivity contribution in [3.05, 3.63) is 56.3 Å². The van der Waals surface area contributed by atoms with Crippen LogP contribution in [0.5, 0.6) is 0 Å². The summed E-state index contributed by atoms with van der Waals surface area (Å²) in [6.45, 7) is 1.37.